The molecule has 1 aliphatic rings. The third kappa shape index (κ3) is 2.55. The summed E-state index contributed by atoms with van der Waals surface area (Å²) in [5.41, 5.74) is 2.57. The lowest BCUT2D eigenvalue weighted by atomic mass is 10.1. The van der Waals surface area contributed by atoms with Gasteiger partial charge in [0.2, 0.25) is 0 Å². The minimum Gasteiger partial charge on any atom is -0.369 e. The van der Waals surface area contributed by atoms with Crippen LogP contribution in [0.5, 0.6) is 0 Å². The maximum absolute atomic E-state index is 4.46. The first-order valence-electron chi connectivity index (χ1n) is 6.73. The van der Waals surface area contributed by atoms with Crippen LogP contribution in [0.15, 0.2) is 42.7 Å². The average Bonchev–Trinajstić information content (AvgIpc) is 2.89. The van der Waals surface area contributed by atoms with Gasteiger partial charge in [0.25, 0.3) is 0 Å². The summed E-state index contributed by atoms with van der Waals surface area (Å²) in [6.45, 7) is 3.21. The number of benzene rings is 1. The second-order valence-electron chi connectivity index (χ2n) is 4.93. The van der Waals surface area contributed by atoms with Crippen molar-refractivity contribution in [1.29, 1.82) is 0 Å². The third-order valence-corrected chi connectivity index (χ3v) is 3.53. The minimum atomic E-state index is 0.856. The van der Waals surface area contributed by atoms with Crippen molar-refractivity contribution >= 4 is 5.69 Å². The third-order valence-electron chi connectivity index (χ3n) is 3.53. The maximum atomic E-state index is 4.46. The smallest absolute Gasteiger partial charge is 0.0752 e. The van der Waals surface area contributed by atoms with E-state index in [-0.39, 0.29) is 0 Å². The van der Waals surface area contributed by atoms with E-state index < -0.39 is 0 Å². The van der Waals surface area contributed by atoms with Crippen LogP contribution in [-0.2, 0) is 6.54 Å². The van der Waals surface area contributed by atoms with Crippen LogP contribution in [0.25, 0.3) is 0 Å². The summed E-state index contributed by atoms with van der Waals surface area (Å²) in [7, 11) is 0. The highest BCUT2D eigenvalue weighted by Crippen LogP contribution is 2.19. The molecule has 0 radical (unpaired) electrons. The molecular formula is C15H19N3. The standard InChI is InChI=1S/C15H19N3/c1-3-7-14(8-4-1)12-18-13-15(11-16-18)17-9-5-2-6-10-17/h1,3-4,7-8,11,13H,2,5-6,9-10,12H2. The van der Waals surface area contributed by atoms with Gasteiger partial charge >= 0.3 is 0 Å². The zero-order valence-corrected chi connectivity index (χ0v) is 10.6. The van der Waals surface area contributed by atoms with Crippen LogP contribution in [0.3, 0.4) is 0 Å². The van der Waals surface area contributed by atoms with Gasteiger partial charge in [0.05, 0.1) is 18.4 Å². The maximum Gasteiger partial charge on any atom is 0.0752 e. The van der Waals surface area contributed by atoms with Crippen molar-refractivity contribution in [2.45, 2.75) is 25.8 Å². The van der Waals surface area contributed by atoms with Crippen LogP contribution in [0, 0.1) is 0 Å². The molecule has 0 spiro atoms. The molecule has 0 saturated carbocycles. The lowest BCUT2D eigenvalue weighted by Gasteiger charge is -2.27. The Balaban J connectivity index is 1.69. The molecule has 0 N–H and O–H groups in total. The van der Waals surface area contributed by atoms with E-state index in [0.717, 1.165) is 6.54 Å². The van der Waals surface area contributed by atoms with E-state index in [1.807, 2.05) is 16.9 Å². The van der Waals surface area contributed by atoms with Gasteiger partial charge in [0.15, 0.2) is 0 Å². The molecule has 0 amide bonds. The zero-order chi connectivity index (χ0) is 12.2. The Morgan fingerprint density at radius 2 is 1.78 bits per heavy atom. The Hall–Kier alpha value is -1.77. The van der Waals surface area contributed by atoms with Crippen LogP contribution in [-0.4, -0.2) is 22.9 Å². The molecular weight excluding hydrogens is 222 g/mol. The molecule has 1 fully saturated rings. The Bertz CT molecular complexity index is 483. The molecule has 3 heteroatoms. The van der Waals surface area contributed by atoms with E-state index >= 15 is 0 Å². The van der Waals surface area contributed by atoms with Crippen LogP contribution >= 0.6 is 0 Å². The summed E-state index contributed by atoms with van der Waals surface area (Å²) >= 11 is 0. The fourth-order valence-electron chi connectivity index (χ4n) is 2.53. The zero-order valence-electron chi connectivity index (χ0n) is 10.6. The molecule has 18 heavy (non-hydrogen) atoms. The number of nitrogens with zero attached hydrogens (tertiary/aromatic N) is 3. The minimum absolute atomic E-state index is 0.856. The number of rotatable bonds is 3. The van der Waals surface area contributed by atoms with Crippen molar-refractivity contribution in [2.24, 2.45) is 0 Å². The van der Waals surface area contributed by atoms with Gasteiger partial charge in [-0.3, -0.25) is 4.68 Å². The molecule has 2 heterocycles. The highest BCUT2D eigenvalue weighted by molar-refractivity contribution is 5.42. The molecule has 1 aliphatic heterocycles. The fraction of sp³-hybridized carbons (Fsp3) is 0.400. The molecule has 0 unspecified atom stereocenters. The quantitative estimate of drug-likeness (QED) is 0.824. The van der Waals surface area contributed by atoms with Crippen LogP contribution in [0.4, 0.5) is 5.69 Å². The first-order valence-corrected chi connectivity index (χ1v) is 6.73. The van der Waals surface area contributed by atoms with Gasteiger partial charge in [-0.05, 0) is 24.8 Å². The van der Waals surface area contributed by atoms with Crippen LogP contribution < -0.4 is 4.90 Å². The molecule has 3 rings (SSSR count). The Labute approximate surface area is 108 Å². The summed E-state index contributed by atoms with van der Waals surface area (Å²) in [5.74, 6) is 0. The predicted octanol–water partition coefficient (Wildman–Crippen LogP) is 2.92. The van der Waals surface area contributed by atoms with Crippen LogP contribution in [0.2, 0.25) is 0 Å². The van der Waals surface area contributed by atoms with Crippen LogP contribution in [0.1, 0.15) is 24.8 Å². The van der Waals surface area contributed by atoms with E-state index in [9.17, 15) is 0 Å². The lowest BCUT2D eigenvalue weighted by molar-refractivity contribution is 0.577. The van der Waals surface area contributed by atoms with Crippen molar-refractivity contribution in [1.82, 2.24) is 9.78 Å². The SMILES string of the molecule is c1ccc(Cn2cc(N3CCCCC3)cn2)cc1. The molecule has 2 aromatic rings. The fourth-order valence-corrected chi connectivity index (χ4v) is 2.53. The highest BCUT2D eigenvalue weighted by Gasteiger charge is 2.12. The molecule has 94 valence electrons. The van der Waals surface area contributed by atoms with E-state index in [4.69, 9.17) is 0 Å². The Morgan fingerprint density at radius 1 is 1.00 bits per heavy atom. The lowest BCUT2D eigenvalue weighted by Crippen LogP contribution is -2.28. The van der Waals surface area contributed by atoms with Gasteiger partial charge in [0, 0.05) is 19.3 Å². The van der Waals surface area contributed by atoms with Gasteiger partial charge in [-0.1, -0.05) is 30.3 Å². The molecule has 1 saturated heterocycles. The molecule has 1 aromatic carbocycles. The van der Waals surface area contributed by atoms with Crippen molar-refractivity contribution in [2.75, 3.05) is 18.0 Å². The number of piperidine rings is 1. The van der Waals surface area contributed by atoms with Gasteiger partial charge in [0.1, 0.15) is 0 Å². The second kappa shape index (κ2) is 5.25. The predicted molar refractivity (Wildman–Crippen MR) is 73.8 cm³/mol. The number of aromatic nitrogens is 2. The normalized spacial score (nSPS) is 15.9. The Morgan fingerprint density at radius 3 is 2.56 bits per heavy atom. The molecule has 3 nitrogen and oxygen atoms in total. The summed E-state index contributed by atoms with van der Waals surface area (Å²) in [6, 6.07) is 10.5. The number of anilines is 1. The largest absolute Gasteiger partial charge is 0.369 e. The van der Waals surface area contributed by atoms with E-state index in [1.54, 1.807) is 0 Å². The molecule has 1 aromatic heterocycles. The van der Waals surface area contributed by atoms with Gasteiger partial charge in [-0.25, -0.2) is 0 Å². The number of hydrogen-bond acceptors (Lipinski definition) is 2. The van der Waals surface area contributed by atoms with Gasteiger partial charge in [-0.15, -0.1) is 0 Å². The van der Waals surface area contributed by atoms with E-state index in [2.05, 4.69) is 40.5 Å². The summed E-state index contributed by atoms with van der Waals surface area (Å²) in [4.78, 5) is 2.44. The molecule has 0 aliphatic carbocycles. The first-order chi connectivity index (χ1) is 8.92. The summed E-state index contributed by atoms with van der Waals surface area (Å²) in [5, 5.41) is 4.46. The molecule has 0 atom stereocenters. The summed E-state index contributed by atoms with van der Waals surface area (Å²) < 4.78 is 2.03. The topological polar surface area (TPSA) is 21.1 Å². The van der Waals surface area contributed by atoms with Gasteiger partial charge in [-0.2, -0.15) is 5.10 Å². The summed E-state index contributed by atoms with van der Waals surface area (Å²) in [6.07, 6.45) is 8.15. The van der Waals surface area contributed by atoms with Gasteiger partial charge < -0.3 is 4.90 Å². The highest BCUT2D eigenvalue weighted by atomic mass is 15.3. The van der Waals surface area contributed by atoms with Crippen molar-refractivity contribution < 1.29 is 0 Å². The van der Waals surface area contributed by atoms with E-state index in [1.165, 1.54) is 43.6 Å². The average molecular weight is 241 g/mol. The number of hydrogen-bond donors (Lipinski definition) is 0. The van der Waals surface area contributed by atoms with Crippen molar-refractivity contribution in [3.63, 3.8) is 0 Å². The van der Waals surface area contributed by atoms with E-state index in [0.29, 0.717) is 0 Å². The second-order valence-corrected chi connectivity index (χ2v) is 4.93. The van der Waals surface area contributed by atoms with Crippen molar-refractivity contribution in [3.8, 4) is 0 Å². The molecule has 0 bridgehead atoms. The first kappa shape index (κ1) is 11.3. The monoisotopic (exact) mass is 241 g/mol. The Kier molecular flexibility index (Phi) is 3.31. The van der Waals surface area contributed by atoms with Crippen molar-refractivity contribution in [3.05, 3.63) is 48.3 Å².